The Morgan fingerprint density at radius 1 is 0.966 bits per heavy atom. The average molecular weight is 516 g/mol. The van der Waals surface area contributed by atoms with Crippen LogP contribution in [-0.4, -0.2) is 18.1 Å². The van der Waals surface area contributed by atoms with Gasteiger partial charge in [0.05, 0.1) is 11.8 Å². The van der Waals surface area contributed by atoms with E-state index in [2.05, 4.69) is 42.4 Å². The van der Waals surface area contributed by atoms with E-state index in [1.807, 2.05) is 19.1 Å². The van der Waals surface area contributed by atoms with Gasteiger partial charge in [-0.15, -0.1) is 0 Å². The smallest absolute Gasteiger partial charge is 0.343 e. The van der Waals surface area contributed by atoms with Gasteiger partial charge in [-0.05, 0) is 61.0 Å². The van der Waals surface area contributed by atoms with Crippen LogP contribution in [0.25, 0.3) is 0 Å². The van der Waals surface area contributed by atoms with Gasteiger partial charge >= 0.3 is 5.97 Å². The molecule has 0 saturated heterocycles. The maximum atomic E-state index is 12.5. The normalized spacial score (nSPS) is 10.7. The molecule has 3 aromatic carbocycles. The van der Waals surface area contributed by atoms with E-state index in [9.17, 15) is 9.59 Å². The Morgan fingerprint density at radius 3 is 2.38 bits per heavy atom. The molecule has 1 N–H and O–H groups in total. The van der Waals surface area contributed by atoms with Crippen LogP contribution in [0.15, 0.2) is 80.8 Å². The first-order valence-corrected chi connectivity index (χ1v) is 10.2. The number of esters is 1. The van der Waals surface area contributed by atoms with E-state index >= 15 is 0 Å². The largest absolute Gasteiger partial charge is 0.422 e. The van der Waals surface area contributed by atoms with Gasteiger partial charge in [0.1, 0.15) is 5.75 Å². The first-order chi connectivity index (χ1) is 13.9. The summed E-state index contributed by atoms with van der Waals surface area (Å²) in [5.41, 5.74) is 4.80. The zero-order chi connectivity index (χ0) is 20.8. The van der Waals surface area contributed by atoms with E-state index in [4.69, 9.17) is 4.74 Å². The number of aryl methyl sites for hydroxylation is 1. The highest BCUT2D eigenvalue weighted by Crippen LogP contribution is 2.23. The Morgan fingerprint density at radius 2 is 1.66 bits per heavy atom. The number of hydrogen-bond acceptors (Lipinski definition) is 4. The Bertz CT molecular complexity index is 1080. The lowest BCUT2D eigenvalue weighted by molar-refractivity contribution is 0.0733. The molecule has 3 rings (SSSR count). The molecule has 0 aliphatic heterocycles. The van der Waals surface area contributed by atoms with Crippen LogP contribution >= 0.6 is 31.9 Å². The lowest BCUT2D eigenvalue weighted by Crippen LogP contribution is -2.17. The number of benzene rings is 3. The molecule has 0 aliphatic carbocycles. The topological polar surface area (TPSA) is 67.8 Å². The van der Waals surface area contributed by atoms with E-state index in [1.165, 1.54) is 6.21 Å². The van der Waals surface area contributed by atoms with Crippen LogP contribution in [0.3, 0.4) is 0 Å². The summed E-state index contributed by atoms with van der Waals surface area (Å²) in [4.78, 5) is 24.7. The molecule has 0 aromatic heterocycles. The molecule has 5 nitrogen and oxygen atoms in total. The maximum Gasteiger partial charge on any atom is 0.343 e. The number of carbonyl (C=O) groups is 2. The Balaban J connectivity index is 1.75. The third kappa shape index (κ3) is 5.62. The summed E-state index contributed by atoms with van der Waals surface area (Å²) in [6.45, 7) is 1.85. The number of amides is 1. The van der Waals surface area contributed by atoms with E-state index in [0.29, 0.717) is 22.4 Å². The van der Waals surface area contributed by atoms with Crippen molar-refractivity contribution in [2.75, 3.05) is 0 Å². The number of ether oxygens (including phenoxy) is 1. The molecule has 0 fully saturated rings. The van der Waals surface area contributed by atoms with Crippen molar-refractivity contribution in [2.45, 2.75) is 6.92 Å². The number of hydrogen-bond donors (Lipinski definition) is 1. The van der Waals surface area contributed by atoms with Crippen molar-refractivity contribution in [3.8, 4) is 5.75 Å². The molecule has 0 unspecified atom stereocenters. The molecule has 146 valence electrons. The molecule has 7 heteroatoms. The Hall–Kier alpha value is -2.77. The standard InChI is InChI=1S/C22H16Br2N2O3/c1-14-4-2-3-5-19(14)22(28)29-20-11-10-18(24)12-16(20)13-25-26-21(27)15-6-8-17(23)9-7-15/h2-13H,1H3,(H,26,27)/b25-13+. The van der Waals surface area contributed by atoms with Crippen LogP contribution in [0, 0.1) is 6.92 Å². The summed E-state index contributed by atoms with van der Waals surface area (Å²) < 4.78 is 7.22. The quantitative estimate of drug-likeness (QED) is 0.211. The first kappa shape index (κ1) is 21.0. The molecule has 0 saturated carbocycles. The summed E-state index contributed by atoms with van der Waals surface area (Å²) in [7, 11) is 0. The highest BCUT2D eigenvalue weighted by atomic mass is 79.9. The second kappa shape index (κ2) is 9.62. The zero-order valence-electron chi connectivity index (χ0n) is 15.4. The maximum absolute atomic E-state index is 12.5. The monoisotopic (exact) mass is 514 g/mol. The minimum atomic E-state index is -0.459. The van der Waals surface area contributed by atoms with Crippen molar-refractivity contribution in [1.29, 1.82) is 0 Å². The summed E-state index contributed by atoms with van der Waals surface area (Å²) in [6, 6.07) is 19.3. The predicted molar refractivity (Wildman–Crippen MR) is 119 cm³/mol. The lowest BCUT2D eigenvalue weighted by atomic mass is 10.1. The van der Waals surface area contributed by atoms with Crippen molar-refractivity contribution in [2.24, 2.45) is 5.10 Å². The average Bonchev–Trinajstić information content (AvgIpc) is 2.70. The molecular formula is C22H16Br2N2O3. The van der Waals surface area contributed by atoms with Crippen molar-refractivity contribution in [3.63, 3.8) is 0 Å². The molecular weight excluding hydrogens is 500 g/mol. The van der Waals surface area contributed by atoms with Crippen LogP contribution in [-0.2, 0) is 0 Å². The highest BCUT2D eigenvalue weighted by Gasteiger charge is 2.13. The third-order valence-corrected chi connectivity index (χ3v) is 5.04. The highest BCUT2D eigenvalue weighted by molar-refractivity contribution is 9.10. The zero-order valence-corrected chi connectivity index (χ0v) is 18.5. The van der Waals surface area contributed by atoms with Gasteiger partial charge in [-0.2, -0.15) is 5.10 Å². The van der Waals surface area contributed by atoms with Gasteiger partial charge in [0.2, 0.25) is 0 Å². The Kier molecular flexibility index (Phi) is 6.95. The number of carbonyl (C=O) groups excluding carboxylic acids is 2. The molecule has 1 amide bonds. The predicted octanol–water partition coefficient (Wildman–Crippen LogP) is 5.50. The summed E-state index contributed by atoms with van der Waals surface area (Å²) in [6.07, 6.45) is 1.43. The van der Waals surface area contributed by atoms with Crippen LogP contribution < -0.4 is 10.2 Å². The second-order valence-corrected chi connectivity index (χ2v) is 7.92. The molecule has 0 aliphatic rings. The molecule has 0 radical (unpaired) electrons. The number of nitrogens with zero attached hydrogens (tertiary/aromatic N) is 1. The van der Waals surface area contributed by atoms with Gasteiger partial charge in [-0.3, -0.25) is 4.79 Å². The van der Waals surface area contributed by atoms with E-state index < -0.39 is 5.97 Å². The van der Waals surface area contributed by atoms with E-state index in [-0.39, 0.29) is 5.91 Å². The van der Waals surface area contributed by atoms with Gasteiger partial charge in [0.15, 0.2) is 0 Å². The minimum absolute atomic E-state index is 0.336. The fourth-order valence-corrected chi connectivity index (χ4v) is 3.14. The van der Waals surface area contributed by atoms with Gasteiger partial charge in [-0.1, -0.05) is 50.1 Å². The SMILES string of the molecule is Cc1ccccc1C(=O)Oc1ccc(Br)cc1/C=N/NC(=O)c1ccc(Br)cc1. The molecule has 0 atom stereocenters. The summed E-state index contributed by atoms with van der Waals surface area (Å²) in [5, 5.41) is 3.99. The number of nitrogens with one attached hydrogen (secondary N) is 1. The number of hydrazone groups is 1. The van der Waals surface area contributed by atoms with Gasteiger partial charge in [0, 0.05) is 20.1 Å². The first-order valence-electron chi connectivity index (χ1n) is 8.60. The summed E-state index contributed by atoms with van der Waals surface area (Å²) >= 11 is 6.72. The summed E-state index contributed by atoms with van der Waals surface area (Å²) in [5.74, 6) is -0.468. The van der Waals surface area contributed by atoms with Crippen LogP contribution in [0.1, 0.15) is 31.8 Å². The van der Waals surface area contributed by atoms with Gasteiger partial charge in [-0.25, -0.2) is 10.2 Å². The second-order valence-electron chi connectivity index (χ2n) is 6.09. The molecule has 3 aromatic rings. The number of rotatable bonds is 5. The third-order valence-electron chi connectivity index (χ3n) is 4.02. The van der Waals surface area contributed by atoms with Crippen molar-refractivity contribution < 1.29 is 14.3 Å². The fourth-order valence-electron chi connectivity index (χ4n) is 2.50. The van der Waals surface area contributed by atoms with Gasteiger partial charge < -0.3 is 4.74 Å². The minimum Gasteiger partial charge on any atom is -0.422 e. The van der Waals surface area contributed by atoms with Crippen LogP contribution in [0.5, 0.6) is 5.75 Å². The van der Waals surface area contributed by atoms with Crippen LogP contribution in [0.2, 0.25) is 0 Å². The van der Waals surface area contributed by atoms with Crippen molar-refractivity contribution >= 4 is 50.0 Å². The molecule has 0 spiro atoms. The fraction of sp³-hybridized carbons (Fsp3) is 0.0455. The van der Waals surface area contributed by atoms with Gasteiger partial charge in [0.25, 0.3) is 5.91 Å². The van der Waals surface area contributed by atoms with Crippen molar-refractivity contribution in [1.82, 2.24) is 5.43 Å². The van der Waals surface area contributed by atoms with Crippen LogP contribution in [0.4, 0.5) is 0 Å². The Labute approximate surface area is 185 Å². The van der Waals surface area contributed by atoms with E-state index in [1.54, 1.807) is 54.6 Å². The lowest BCUT2D eigenvalue weighted by Gasteiger charge is -2.09. The molecule has 29 heavy (non-hydrogen) atoms. The van der Waals surface area contributed by atoms with Crippen molar-refractivity contribution in [3.05, 3.63) is 97.9 Å². The number of halogens is 2. The molecule has 0 heterocycles. The van der Waals surface area contributed by atoms with E-state index in [0.717, 1.165) is 14.5 Å². The molecule has 0 bridgehead atoms.